The van der Waals surface area contributed by atoms with Crippen LogP contribution < -0.4 is 0 Å². The van der Waals surface area contributed by atoms with Gasteiger partial charge in [-0.25, -0.2) is 0 Å². The summed E-state index contributed by atoms with van der Waals surface area (Å²) in [5, 5.41) is 9.42. The molecule has 0 unspecified atom stereocenters. The van der Waals surface area contributed by atoms with Crippen LogP contribution in [0.3, 0.4) is 0 Å². The Morgan fingerprint density at radius 3 is 2.25 bits per heavy atom. The average Bonchev–Trinajstić information content (AvgIpc) is 2.43. The minimum Gasteiger partial charge on any atom is -0.481 e. The van der Waals surface area contributed by atoms with Crippen molar-refractivity contribution >= 4 is 5.97 Å². The second-order valence-corrected chi connectivity index (χ2v) is 5.17. The van der Waals surface area contributed by atoms with Gasteiger partial charge in [-0.2, -0.15) is 0 Å². The van der Waals surface area contributed by atoms with Crippen LogP contribution in [0.4, 0.5) is 0 Å². The van der Waals surface area contributed by atoms with Crippen LogP contribution in [0.1, 0.15) is 58.8 Å². The van der Waals surface area contributed by atoms with Crippen molar-refractivity contribution in [1.29, 1.82) is 0 Å². The molecule has 94 valence electrons. The molecule has 1 fully saturated rings. The van der Waals surface area contributed by atoms with Crippen LogP contribution in [-0.2, 0) is 9.53 Å². The molecule has 0 radical (unpaired) electrons. The molecule has 1 N–H and O–H groups in total. The Kier molecular flexibility index (Phi) is 5.26. The van der Waals surface area contributed by atoms with E-state index >= 15 is 0 Å². The smallest absolute Gasteiger partial charge is 0.309 e. The number of rotatable bonds is 5. The highest BCUT2D eigenvalue weighted by Gasteiger charge is 2.38. The molecule has 0 aromatic rings. The number of carboxylic acids is 1. The molecule has 1 aliphatic carbocycles. The lowest BCUT2D eigenvalue weighted by atomic mass is 9.78. The van der Waals surface area contributed by atoms with Crippen LogP contribution in [0.15, 0.2) is 0 Å². The van der Waals surface area contributed by atoms with E-state index in [1.54, 1.807) is 0 Å². The summed E-state index contributed by atoms with van der Waals surface area (Å²) in [7, 11) is 0. The standard InChI is InChI=1S/C13H24O3/c1-11(2)16-10-9-13(12(14)15)7-5-3-4-6-8-13/h11H,3-10H2,1-2H3,(H,14,15). The first kappa shape index (κ1) is 13.5. The van der Waals surface area contributed by atoms with E-state index in [0.29, 0.717) is 13.0 Å². The van der Waals surface area contributed by atoms with Gasteiger partial charge in [-0.15, -0.1) is 0 Å². The first-order valence-electron chi connectivity index (χ1n) is 6.42. The first-order chi connectivity index (χ1) is 7.57. The van der Waals surface area contributed by atoms with Crippen LogP contribution in [-0.4, -0.2) is 23.8 Å². The highest BCUT2D eigenvalue weighted by molar-refractivity contribution is 5.74. The van der Waals surface area contributed by atoms with E-state index in [9.17, 15) is 9.90 Å². The molecule has 0 aliphatic heterocycles. The van der Waals surface area contributed by atoms with E-state index in [-0.39, 0.29) is 6.10 Å². The molecule has 0 spiro atoms. The maximum absolute atomic E-state index is 11.4. The van der Waals surface area contributed by atoms with Gasteiger partial charge in [-0.05, 0) is 33.1 Å². The van der Waals surface area contributed by atoms with Crippen LogP contribution in [0.2, 0.25) is 0 Å². The summed E-state index contributed by atoms with van der Waals surface area (Å²) < 4.78 is 5.50. The number of ether oxygens (including phenoxy) is 1. The van der Waals surface area contributed by atoms with Crippen molar-refractivity contribution in [2.24, 2.45) is 5.41 Å². The summed E-state index contributed by atoms with van der Waals surface area (Å²) in [4.78, 5) is 11.4. The van der Waals surface area contributed by atoms with E-state index < -0.39 is 11.4 Å². The predicted octanol–water partition coefficient (Wildman–Crippen LogP) is 3.23. The third kappa shape index (κ3) is 3.78. The molecular weight excluding hydrogens is 204 g/mol. The van der Waals surface area contributed by atoms with E-state index in [0.717, 1.165) is 25.7 Å². The Bertz CT molecular complexity index is 215. The van der Waals surface area contributed by atoms with Gasteiger partial charge in [0.05, 0.1) is 11.5 Å². The average molecular weight is 228 g/mol. The molecular formula is C13H24O3. The molecule has 1 aliphatic rings. The molecule has 1 rings (SSSR count). The number of carboxylic acid groups (broad SMARTS) is 1. The van der Waals surface area contributed by atoms with Crippen LogP contribution >= 0.6 is 0 Å². The molecule has 0 bridgehead atoms. The summed E-state index contributed by atoms with van der Waals surface area (Å²) in [6.07, 6.45) is 6.97. The Morgan fingerprint density at radius 1 is 1.25 bits per heavy atom. The zero-order chi connectivity index (χ0) is 12.0. The molecule has 16 heavy (non-hydrogen) atoms. The summed E-state index contributed by atoms with van der Waals surface area (Å²) in [6, 6.07) is 0. The highest BCUT2D eigenvalue weighted by atomic mass is 16.5. The lowest BCUT2D eigenvalue weighted by Crippen LogP contribution is -2.32. The van der Waals surface area contributed by atoms with E-state index in [4.69, 9.17) is 4.74 Å². The van der Waals surface area contributed by atoms with Crippen molar-refractivity contribution < 1.29 is 14.6 Å². The second kappa shape index (κ2) is 6.24. The molecule has 0 heterocycles. The first-order valence-corrected chi connectivity index (χ1v) is 6.42. The van der Waals surface area contributed by atoms with Gasteiger partial charge in [0.1, 0.15) is 0 Å². The third-order valence-corrected chi connectivity index (χ3v) is 3.55. The van der Waals surface area contributed by atoms with E-state index in [1.165, 1.54) is 12.8 Å². The van der Waals surface area contributed by atoms with Gasteiger partial charge >= 0.3 is 5.97 Å². The van der Waals surface area contributed by atoms with Crippen molar-refractivity contribution in [3.63, 3.8) is 0 Å². The number of hydrogen-bond donors (Lipinski definition) is 1. The zero-order valence-corrected chi connectivity index (χ0v) is 10.5. The maximum Gasteiger partial charge on any atom is 0.309 e. The van der Waals surface area contributed by atoms with Gasteiger partial charge < -0.3 is 9.84 Å². The molecule has 0 atom stereocenters. The largest absolute Gasteiger partial charge is 0.481 e. The van der Waals surface area contributed by atoms with Gasteiger partial charge in [0.15, 0.2) is 0 Å². The highest BCUT2D eigenvalue weighted by Crippen LogP contribution is 2.38. The van der Waals surface area contributed by atoms with Crippen molar-refractivity contribution in [3.05, 3.63) is 0 Å². The SMILES string of the molecule is CC(C)OCCC1(C(=O)O)CCCCCC1. The van der Waals surface area contributed by atoms with Gasteiger partial charge in [0.2, 0.25) is 0 Å². The van der Waals surface area contributed by atoms with Crippen molar-refractivity contribution in [1.82, 2.24) is 0 Å². The Morgan fingerprint density at radius 2 is 1.81 bits per heavy atom. The quantitative estimate of drug-likeness (QED) is 0.735. The minimum absolute atomic E-state index is 0.191. The fourth-order valence-corrected chi connectivity index (χ4v) is 2.47. The number of hydrogen-bond acceptors (Lipinski definition) is 2. The van der Waals surface area contributed by atoms with Crippen LogP contribution in [0.25, 0.3) is 0 Å². The van der Waals surface area contributed by atoms with Crippen molar-refractivity contribution in [3.8, 4) is 0 Å². The Hall–Kier alpha value is -0.570. The normalized spacial score (nSPS) is 20.7. The van der Waals surface area contributed by atoms with Gasteiger partial charge in [0, 0.05) is 6.61 Å². The molecule has 1 saturated carbocycles. The molecule has 3 nitrogen and oxygen atoms in total. The van der Waals surface area contributed by atoms with Gasteiger partial charge in [0.25, 0.3) is 0 Å². The molecule has 0 aromatic heterocycles. The number of carbonyl (C=O) groups is 1. The molecule has 0 aromatic carbocycles. The van der Waals surface area contributed by atoms with Crippen molar-refractivity contribution in [2.75, 3.05) is 6.61 Å². The molecule has 3 heteroatoms. The summed E-state index contributed by atoms with van der Waals surface area (Å²) in [5.41, 5.74) is -0.509. The van der Waals surface area contributed by atoms with Crippen LogP contribution in [0, 0.1) is 5.41 Å². The second-order valence-electron chi connectivity index (χ2n) is 5.17. The maximum atomic E-state index is 11.4. The summed E-state index contributed by atoms with van der Waals surface area (Å²) >= 11 is 0. The number of aliphatic carboxylic acids is 1. The van der Waals surface area contributed by atoms with E-state index in [2.05, 4.69) is 0 Å². The lowest BCUT2D eigenvalue weighted by Gasteiger charge is -2.28. The summed E-state index contributed by atoms with van der Waals surface area (Å²) in [5.74, 6) is -0.623. The van der Waals surface area contributed by atoms with Gasteiger partial charge in [-0.3, -0.25) is 4.79 Å². The minimum atomic E-state index is -0.623. The predicted molar refractivity (Wildman–Crippen MR) is 63.5 cm³/mol. The summed E-state index contributed by atoms with van der Waals surface area (Å²) in [6.45, 7) is 4.55. The Labute approximate surface area is 98.2 Å². The van der Waals surface area contributed by atoms with E-state index in [1.807, 2.05) is 13.8 Å². The fraction of sp³-hybridized carbons (Fsp3) is 0.923. The third-order valence-electron chi connectivity index (χ3n) is 3.55. The van der Waals surface area contributed by atoms with Crippen molar-refractivity contribution in [2.45, 2.75) is 64.9 Å². The molecule has 0 amide bonds. The fourth-order valence-electron chi connectivity index (χ4n) is 2.47. The molecule has 0 saturated heterocycles. The van der Waals surface area contributed by atoms with Gasteiger partial charge in [-0.1, -0.05) is 25.7 Å². The van der Waals surface area contributed by atoms with Crippen LogP contribution in [0.5, 0.6) is 0 Å². The Balaban J connectivity index is 2.53. The monoisotopic (exact) mass is 228 g/mol. The topological polar surface area (TPSA) is 46.5 Å². The lowest BCUT2D eigenvalue weighted by molar-refractivity contribution is -0.151. The zero-order valence-electron chi connectivity index (χ0n) is 10.5.